The summed E-state index contributed by atoms with van der Waals surface area (Å²) in [7, 11) is 0. The second kappa shape index (κ2) is 8.51. The molecule has 0 aromatic carbocycles. The Morgan fingerprint density at radius 2 is 1.82 bits per heavy atom. The molecular formula is C17H30N2O3. The molecule has 5 heteroatoms. The van der Waals surface area contributed by atoms with Crippen LogP contribution in [0.1, 0.15) is 58.3 Å². The van der Waals surface area contributed by atoms with Crippen molar-refractivity contribution in [3.63, 3.8) is 0 Å². The van der Waals surface area contributed by atoms with E-state index in [1.807, 2.05) is 0 Å². The summed E-state index contributed by atoms with van der Waals surface area (Å²) < 4.78 is 0. The van der Waals surface area contributed by atoms with Crippen molar-refractivity contribution in [2.45, 2.75) is 64.3 Å². The second-order valence-electron chi connectivity index (χ2n) is 6.97. The number of hydrogen-bond acceptors (Lipinski definition) is 3. The summed E-state index contributed by atoms with van der Waals surface area (Å²) in [5, 5.41) is 12.1. The van der Waals surface area contributed by atoms with Crippen LogP contribution in [-0.4, -0.2) is 47.6 Å². The summed E-state index contributed by atoms with van der Waals surface area (Å²) in [6.45, 7) is 3.24. The topological polar surface area (TPSA) is 69.6 Å². The normalized spacial score (nSPS) is 24.8. The lowest BCUT2D eigenvalue weighted by Crippen LogP contribution is -2.50. The van der Waals surface area contributed by atoms with Crippen LogP contribution in [0.25, 0.3) is 0 Å². The molecule has 2 amide bonds. The lowest BCUT2D eigenvalue weighted by Gasteiger charge is -2.33. The maximum absolute atomic E-state index is 12.4. The number of piperidine rings is 1. The maximum atomic E-state index is 12.4. The van der Waals surface area contributed by atoms with Crippen molar-refractivity contribution in [3.05, 3.63) is 0 Å². The van der Waals surface area contributed by atoms with Crippen molar-refractivity contribution in [1.29, 1.82) is 0 Å². The van der Waals surface area contributed by atoms with E-state index in [0.717, 1.165) is 32.2 Å². The number of nitrogens with one attached hydrogen (secondary N) is 1. The lowest BCUT2D eigenvalue weighted by molar-refractivity contribution is -0.138. The fourth-order valence-corrected chi connectivity index (χ4v) is 3.70. The minimum atomic E-state index is -0.464. The first kappa shape index (κ1) is 17.3. The number of carbonyl (C=O) groups excluding carboxylic acids is 2. The van der Waals surface area contributed by atoms with Gasteiger partial charge in [-0.3, -0.25) is 9.59 Å². The molecule has 0 bridgehead atoms. The van der Waals surface area contributed by atoms with Crippen LogP contribution in [0.3, 0.4) is 0 Å². The van der Waals surface area contributed by atoms with E-state index in [0.29, 0.717) is 18.9 Å². The van der Waals surface area contributed by atoms with Crippen LogP contribution in [0.15, 0.2) is 0 Å². The number of rotatable bonds is 5. The number of aliphatic hydroxyl groups excluding tert-OH is 1. The van der Waals surface area contributed by atoms with E-state index in [-0.39, 0.29) is 24.3 Å². The Bertz CT molecular complexity index is 380. The molecule has 1 aliphatic carbocycles. The summed E-state index contributed by atoms with van der Waals surface area (Å²) in [6, 6.07) is -0.464. The van der Waals surface area contributed by atoms with Gasteiger partial charge in [0.05, 0.1) is 0 Å². The van der Waals surface area contributed by atoms with Gasteiger partial charge in [-0.25, -0.2) is 0 Å². The number of likely N-dealkylation sites (tertiary alicyclic amines) is 1. The van der Waals surface area contributed by atoms with E-state index in [1.165, 1.54) is 19.3 Å². The predicted molar refractivity (Wildman–Crippen MR) is 85.2 cm³/mol. The third-order valence-corrected chi connectivity index (χ3v) is 5.04. The molecular weight excluding hydrogens is 280 g/mol. The van der Waals surface area contributed by atoms with Crippen LogP contribution in [0.5, 0.6) is 0 Å². The molecule has 2 fully saturated rings. The van der Waals surface area contributed by atoms with Crippen molar-refractivity contribution in [2.75, 3.05) is 19.7 Å². The van der Waals surface area contributed by atoms with Gasteiger partial charge in [0, 0.05) is 26.1 Å². The molecule has 0 radical (unpaired) electrons. The molecule has 0 spiro atoms. The fraction of sp³-hybridized carbons (Fsp3) is 0.882. The highest BCUT2D eigenvalue weighted by atomic mass is 16.3. The van der Waals surface area contributed by atoms with Crippen LogP contribution in [0.2, 0.25) is 0 Å². The van der Waals surface area contributed by atoms with Gasteiger partial charge in [0.2, 0.25) is 11.8 Å². The van der Waals surface area contributed by atoms with Gasteiger partial charge < -0.3 is 15.3 Å². The lowest BCUT2D eigenvalue weighted by atomic mass is 9.87. The van der Waals surface area contributed by atoms with E-state index in [2.05, 4.69) is 5.32 Å². The summed E-state index contributed by atoms with van der Waals surface area (Å²) in [5.74, 6) is 0.659. The molecule has 0 aromatic heterocycles. The highest BCUT2D eigenvalue weighted by molar-refractivity contribution is 5.87. The average Bonchev–Trinajstić information content (AvgIpc) is 2.55. The van der Waals surface area contributed by atoms with E-state index in [4.69, 9.17) is 0 Å². The van der Waals surface area contributed by atoms with Crippen molar-refractivity contribution < 1.29 is 14.7 Å². The number of carbonyl (C=O) groups is 2. The van der Waals surface area contributed by atoms with E-state index < -0.39 is 6.04 Å². The maximum Gasteiger partial charge on any atom is 0.244 e. The third-order valence-electron chi connectivity index (χ3n) is 5.04. The first-order chi connectivity index (χ1) is 10.6. The zero-order chi connectivity index (χ0) is 15.9. The molecule has 1 heterocycles. The highest BCUT2D eigenvalue weighted by Gasteiger charge is 2.27. The minimum Gasteiger partial charge on any atom is -0.396 e. The van der Waals surface area contributed by atoms with Crippen molar-refractivity contribution >= 4 is 11.8 Å². The molecule has 1 aliphatic heterocycles. The van der Waals surface area contributed by atoms with E-state index in [9.17, 15) is 14.7 Å². The van der Waals surface area contributed by atoms with Gasteiger partial charge >= 0.3 is 0 Å². The molecule has 5 nitrogen and oxygen atoms in total. The van der Waals surface area contributed by atoms with Crippen LogP contribution >= 0.6 is 0 Å². The SMILES string of the molecule is CC(NC(=O)CC1CCCCC1)C(=O)N1CCCC(CO)C1. The highest BCUT2D eigenvalue weighted by Crippen LogP contribution is 2.26. The van der Waals surface area contributed by atoms with Crippen molar-refractivity contribution in [3.8, 4) is 0 Å². The summed E-state index contributed by atoms with van der Waals surface area (Å²) in [5.41, 5.74) is 0. The predicted octanol–water partition coefficient (Wildman–Crippen LogP) is 1.69. The second-order valence-corrected chi connectivity index (χ2v) is 6.97. The smallest absolute Gasteiger partial charge is 0.244 e. The first-order valence-electron chi connectivity index (χ1n) is 8.79. The number of nitrogens with zero attached hydrogens (tertiary/aromatic N) is 1. The number of amides is 2. The molecule has 1 saturated carbocycles. The largest absolute Gasteiger partial charge is 0.396 e. The van der Waals surface area contributed by atoms with Gasteiger partial charge in [-0.2, -0.15) is 0 Å². The summed E-state index contributed by atoms with van der Waals surface area (Å²) >= 11 is 0. The Morgan fingerprint density at radius 1 is 1.14 bits per heavy atom. The molecule has 22 heavy (non-hydrogen) atoms. The average molecular weight is 310 g/mol. The van der Waals surface area contributed by atoms with Gasteiger partial charge in [-0.05, 0) is 44.4 Å². The zero-order valence-corrected chi connectivity index (χ0v) is 13.7. The Kier molecular flexibility index (Phi) is 6.68. The molecule has 2 rings (SSSR count). The molecule has 0 aromatic rings. The van der Waals surface area contributed by atoms with Gasteiger partial charge in [0.25, 0.3) is 0 Å². The molecule has 126 valence electrons. The Hall–Kier alpha value is -1.10. The van der Waals surface area contributed by atoms with Crippen molar-refractivity contribution in [2.24, 2.45) is 11.8 Å². The Morgan fingerprint density at radius 3 is 2.50 bits per heavy atom. The number of hydrogen-bond donors (Lipinski definition) is 2. The first-order valence-corrected chi connectivity index (χ1v) is 8.79. The van der Waals surface area contributed by atoms with Crippen LogP contribution in [0, 0.1) is 11.8 Å². The standard InChI is InChI=1S/C17H30N2O3/c1-13(17(22)19-9-5-8-15(11-19)12-20)18-16(21)10-14-6-3-2-4-7-14/h13-15,20H,2-12H2,1H3,(H,18,21). The summed E-state index contributed by atoms with van der Waals surface area (Å²) in [6.07, 6.45) is 8.47. The Labute approximate surface area is 133 Å². The minimum absolute atomic E-state index is 0.00321. The molecule has 2 N–H and O–H groups in total. The molecule has 2 aliphatic rings. The van der Waals surface area contributed by atoms with E-state index in [1.54, 1.807) is 11.8 Å². The van der Waals surface area contributed by atoms with Crippen molar-refractivity contribution in [1.82, 2.24) is 10.2 Å². The molecule has 2 unspecified atom stereocenters. The van der Waals surface area contributed by atoms with Crippen LogP contribution in [-0.2, 0) is 9.59 Å². The zero-order valence-electron chi connectivity index (χ0n) is 13.7. The third kappa shape index (κ3) is 4.97. The number of aliphatic hydroxyl groups is 1. The molecule has 1 saturated heterocycles. The Balaban J connectivity index is 1.76. The van der Waals surface area contributed by atoms with Gasteiger partial charge in [0.1, 0.15) is 6.04 Å². The van der Waals surface area contributed by atoms with Gasteiger partial charge in [0.15, 0.2) is 0 Å². The monoisotopic (exact) mass is 310 g/mol. The fourth-order valence-electron chi connectivity index (χ4n) is 3.70. The van der Waals surface area contributed by atoms with Crippen LogP contribution in [0.4, 0.5) is 0 Å². The summed E-state index contributed by atoms with van der Waals surface area (Å²) in [4.78, 5) is 26.3. The quantitative estimate of drug-likeness (QED) is 0.812. The van der Waals surface area contributed by atoms with Crippen LogP contribution < -0.4 is 5.32 Å². The van der Waals surface area contributed by atoms with E-state index >= 15 is 0 Å². The van der Waals surface area contributed by atoms with Gasteiger partial charge in [-0.15, -0.1) is 0 Å². The molecule has 2 atom stereocenters. The van der Waals surface area contributed by atoms with Gasteiger partial charge in [-0.1, -0.05) is 19.3 Å².